The molecule has 0 aliphatic carbocycles. The Morgan fingerprint density at radius 3 is 2.31 bits per heavy atom. The highest BCUT2D eigenvalue weighted by atomic mass is 32.1. The zero-order chi connectivity index (χ0) is 23.6. The highest BCUT2D eigenvalue weighted by molar-refractivity contribution is 7.80. The van der Waals surface area contributed by atoms with Crippen molar-refractivity contribution >= 4 is 28.7 Å². The number of aromatic nitrogens is 1. The van der Waals surface area contributed by atoms with Gasteiger partial charge in [0, 0.05) is 36.2 Å². The topological polar surface area (TPSA) is 53.8 Å². The summed E-state index contributed by atoms with van der Waals surface area (Å²) in [5.74, 6) is 1.67. The van der Waals surface area contributed by atoms with Crippen molar-refractivity contribution in [3.63, 3.8) is 0 Å². The van der Waals surface area contributed by atoms with Crippen molar-refractivity contribution in [1.82, 2.24) is 10.3 Å². The Morgan fingerprint density at radius 1 is 0.829 bits per heavy atom. The van der Waals surface area contributed by atoms with Gasteiger partial charge in [-0.05, 0) is 60.7 Å². The lowest BCUT2D eigenvalue weighted by atomic mass is 10.0. The highest BCUT2D eigenvalue weighted by Gasteiger charge is 2.42. The number of nitrogens with one attached hydrogen (secondary N) is 1. The quantitative estimate of drug-likeness (QED) is 0.385. The van der Waals surface area contributed by atoms with E-state index in [1.165, 1.54) is 5.69 Å². The lowest BCUT2D eigenvalue weighted by molar-refractivity contribution is 0.122. The Hall–Kier alpha value is -3.68. The molecule has 0 amide bonds. The van der Waals surface area contributed by atoms with Crippen LogP contribution in [0.2, 0.25) is 0 Å². The van der Waals surface area contributed by atoms with Gasteiger partial charge in [0.1, 0.15) is 17.6 Å². The van der Waals surface area contributed by atoms with Gasteiger partial charge in [0.15, 0.2) is 5.11 Å². The van der Waals surface area contributed by atoms with Gasteiger partial charge >= 0.3 is 0 Å². The molecular weight excluding hydrogens is 456 g/mol. The molecule has 2 aliphatic heterocycles. The van der Waals surface area contributed by atoms with Gasteiger partial charge in [-0.2, -0.15) is 0 Å². The molecule has 4 aromatic rings. The normalized spacial score (nSPS) is 20.2. The number of hydrogen-bond donors (Lipinski definition) is 1. The third kappa shape index (κ3) is 4.29. The molecule has 6 nitrogen and oxygen atoms in total. The third-order valence-corrected chi connectivity index (χ3v) is 6.89. The average Bonchev–Trinajstić information content (AvgIpc) is 3.55. The van der Waals surface area contributed by atoms with Crippen molar-refractivity contribution in [1.29, 1.82) is 0 Å². The molecule has 2 aliphatic rings. The number of rotatable bonds is 5. The van der Waals surface area contributed by atoms with Crippen molar-refractivity contribution < 1.29 is 9.15 Å². The Balaban J connectivity index is 1.37. The number of hydrogen-bond acceptors (Lipinski definition) is 5. The fraction of sp³-hybridized carbons (Fsp3) is 0.214. The second-order valence-corrected chi connectivity index (χ2v) is 9.07. The first kappa shape index (κ1) is 21.8. The van der Waals surface area contributed by atoms with E-state index in [0.717, 1.165) is 54.8 Å². The van der Waals surface area contributed by atoms with Gasteiger partial charge in [0.2, 0.25) is 0 Å². The molecule has 1 N–H and O–H groups in total. The van der Waals surface area contributed by atoms with Gasteiger partial charge in [-0.15, -0.1) is 0 Å². The number of morpholine rings is 1. The maximum atomic E-state index is 6.43. The fourth-order valence-electron chi connectivity index (χ4n) is 4.84. The number of benzene rings is 2. The second kappa shape index (κ2) is 9.52. The van der Waals surface area contributed by atoms with Crippen LogP contribution in [0, 0.1) is 0 Å². The maximum absolute atomic E-state index is 6.43. The molecular formula is C28H26N4O2S. The van der Waals surface area contributed by atoms with Crippen molar-refractivity contribution in [2.75, 3.05) is 36.1 Å². The largest absolute Gasteiger partial charge is 0.459 e. The van der Waals surface area contributed by atoms with Crippen LogP contribution in [0.25, 0.3) is 11.3 Å². The number of thiocarbonyl (C=S) groups is 1. The molecule has 2 aromatic heterocycles. The molecule has 2 aromatic carbocycles. The SMILES string of the molecule is S=C1NC(c2ccccn2)C(c2ccc(-c3ccccc3)o2)N1c1ccc(N2CCOCC2)cc1. The molecule has 7 heteroatoms. The zero-order valence-corrected chi connectivity index (χ0v) is 20.0. The summed E-state index contributed by atoms with van der Waals surface area (Å²) in [5, 5.41) is 4.16. The summed E-state index contributed by atoms with van der Waals surface area (Å²) in [7, 11) is 0. The van der Waals surface area contributed by atoms with Gasteiger partial charge in [-0.1, -0.05) is 36.4 Å². The number of ether oxygens (including phenoxy) is 1. The van der Waals surface area contributed by atoms with Crippen LogP contribution >= 0.6 is 12.2 Å². The molecule has 0 spiro atoms. The van der Waals surface area contributed by atoms with E-state index in [0.29, 0.717) is 5.11 Å². The standard InChI is InChI=1S/C28H26N4O2S/c35-28-30-26(23-8-4-5-15-29-23)27(25-14-13-24(34-25)20-6-2-1-3-7-20)32(28)22-11-9-21(10-12-22)31-16-18-33-19-17-31/h1-15,26-27H,16-19H2,(H,30,35). The van der Waals surface area contributed by atoms with Crippen LogP contribution in [0.3, 0.4) is 0 Å². The van der Waals surface area contributed by atoms with Gasteiger partial charge in [-0.3, -0.25) is 4.98 Å². The molecule has 4 heterocycles. The first-order valence-electron chi connectivity index (χ1n) is 11.9. The molecule has 0 radical (unpaired) electrons. The lowest BCUT2D eigenvalue weighted by Crippen LogP contribution is -2.36. The van der Waals surface area contributed by atoms with E-state index in [2.05, 4.69) is 56.5 Å². The van der Waals surface area contributed by atoms with Crippen molar-refractivity contribution in [3.8, 4) is 11.3 Å². The second-order valence-electron chi connectivity index (χ2n) is 8.68. The molecule has 6 rings (SSSR count). The Bertz CT molecular complexity index is 1290. The van der Waals surface area contributed by atoms with Crippen LogP contribution < -0.4 is 15.1 Å². The maximum Gasteiger partial charge on any atom is 0.174 e. The molecule has 0 saturated carbocycles. The Morgan fingerprint density at radius 2 is 1.57 bits per heavy atom. The zero-order valence-electron chi connectivity index (χ0n) is 19.2. The van der Waals surface area contributed by atoms with E-state index in [1.807, 2.05) is 54.7 Å². The molecule has 2 unspecified atom stereocenters. The van der Waals surface area contributed by atoms with Gasteiger partial charge in [-0.25, -0.2) is 0 Å². The summed E-state index contributed by atoms with van der Waals surface area (Å²) in [5.41, 5.74) is 4.17. The van der Waals surface area contributed by atoms with E-state index in [9.17, 15) is 0 Å². The van der Waals surface area contributed by atoms with Crippen molar-refractivity contribution in [2.45, 2.75) is 12.1 Å². The summed E-state index contributed by atoms with van der Waals surface area (Å²) >= 11 is 5.85. The smallest absolute Gasteiger partial charge is 0.174 e. The van der Waals surface area contributed by atoms with E-state index in [1.54, 1.807) is 0 Å². The summed E-state index contributed by atoms with van der Waals surface area (Å²) in [6, 6.07) is 28.4. The van der Waals surface area contributed by atoms with Crippen molar-refractivity contribution in [2.24, 2.45) is 0 Å². The molecule has 35 heavy (non-hydrogen) atoms. The Labute approximate surface area is 210 Å². The number of nitrogens with zero attached hydrogens (tertiary/aromatic N) is 3. The van der Waals surface area contributed by atoms with Crippen LogP contribution in [0.5, 0.6) is 0 Å². The van der Waals surface area contributed by atoms with Crippen LogP contribution in [0.1, 0.15) is 23.5 Å². The Kier molecular flexibility index (Phi) is 5.94. The van der Waals surface area contributed by atoms with E-state index in [-0.39, 0.29) is 12.1 Å². The fourth-order valence-corrected chi connectivity index (χ4v) is 5.18. The van der Waals surface area contributed by atoms with E-state index >= 15 is 0 Å². The highest BCUT2D eigenvalue weighted by Crippen LogP contribution is 2.43. The minimum absolute atomic E-state index is 0.141. The van der Waals surface area contributed by atoms with E-state index in [4.69, 9.17) is 21.4 Å². The predicted molar refractivity (Wildman–Crippen MR) is 142 cm³/mol. The first-order valence-corrected chi connectivity index (χ1v) is 12.3. The van der Waals surface area contributed by atoms with Gasteiger partial charge < -0.3 is 24.3 Å². The number of furan rings is 1. The third-order valence-electron chi connectivity index (χ3n) is 6.58. The predicted octanol–water partition coefficient (Wildman–Crippen LogP) is 5.36. The van der Waals surface area contributed by atoms with Gasteiger partial charge in [0.25, 0.3) is 0 Å². The van der Waals surface area contributed by atoms with E-state index < -0.39 is 0 Å². The summed E-state index contributed by atoms with van der Waals surface area (Å²) in [6.07, 6.45) is 1.81. The van der Waals surface area contributed by atoms with Crippen LogP contribution in [-0.2, 0) is 4.74 Å². The monoisotopic (exact) mass is 482 g/mol. The van der Waals surface area contributed by atoms with Gasteiger partial charge in [0.05, 0.1) is 24.9 Å². The molecule has 2 saturated heterocycles. The average molecular weight is 483 g/mol. The molecule has 176 valence electrons. The minimum Gasteiger partial charge on any atom is -0.459 e. The number of pyridine rings is 1. The minimum atomic E-state index is -0.177. The molecule has 2 fully saturated rings. The van der Waals surface area contributed by atoms with Crippen LogP contribution in [0.15, 0.2) is 95.5 Å². The van der Waals surface area contributed by atoms with Crippen LogP contribution in [-0.4, -0.2) is 36.4 Å². The molecule has 2 atom stereocenters. The van der Waals surface area contributed by atoms with Crippen LogP contribution in [0.4, 0.5) is 11.4 Å². The van der Waals surface area contributed by atoms with Crippen molar-refractivity contribution in [3.05, 3.63) is 103 Å². The lowest BCUT2D eigenvalue weighted by Gasteiger charge is -2.30. The summed E-state index contributed by atoms with van der Waals surface area (Å²) in [6.45, 7) is 3.33. The summed E-state index contributed by atoms with van der Waals surface area (Å²) in [4.78, 5) is 9.12. The number of anilines is 2. The molecule has 0 bridgehead atoms. The first-order chi connectivity index (χ1) is 17.3. The summed E-state index contributed by atoms with van der Waals surface area (Å²) < 4.78 is 11.9.